The monoisotopic (exact) mass is 459 g/mol. The van der Waals surface area contributed by atoms with Crippen LogP contribution in [0.5, 0.6) is 0 Å². The topological polar surface area (TPSA) is 82.0 Å². The molecule has 2 saturated heterocycles. The standard InChI is InChI=1S/C23H29N5O3.ClH/c29-23(24-27-15-13-25(14-16-27)18-19-7-3-1-4-8-19)20-9-10-21(22(17-20)28(30)31)26-11-5-2-6-12-26;/h1,3-4,7-10,17H,2,5-6,11-16,18H2,(H,24,29);1H. The second-order valence-corrected chi connectivity index (χ2v) is 8.20. The van der Waals surface area contributed by atoms with Crippen LogP contribution in [0.2, 0.25) is 0 Å². The van der Waals surface area contributed by atoms with Crippen molar-refractivity contribution < 1.29 is 9.72 Å². The minimum Gasteiger partial charge on any atom is -0.366 e. The van der Waals surface area contributed by atoms with Crippen molar-refractivity contribution in [1.82, 2.24) is 15.3 Å². The lowest BCUT2D eigenvalue weighted by Crippen LogP contribution is -2.53. The Morgan fingerprint density at radius 1 is 0.938 bits per heavy atom. The van der Waals surface area contributed by atoms with E-state index in [9.17, 15) is 14.9 Å². The lowest BCUT2D eigenvalue weighted by molar-refractivity contribution is -0.384. The summed E-state index contributed by atoms with van der Waals surface area (Å²) >= 11 is 0. The predicted molar refractivity (Wildman–Crippen MR) is 127 cm³/mol. The van der Waals surface area contributed by atoms with Crippen LogP contribution in [-0.4, -0.2) is 60.0 Å². The smallest absolute Gasteiger partial charge is 0.293 e. The molecule has 2 aromatic carbocycles. The third-order valence-corrected chi connectivity index (χ3v) is 6.01. The van der Waals surface area contributed by atoms with Gasteiger partial charge in [0.05, 0.1) is 4.92 Å². The fourth-order valence-electron chi connectivity index (χ4n) is 4.28. The first-order chi connectivity index (χ1) is 15.1. The van der Waals surface area contributed by atoms with Gasteiger partial charge >= 0.3 is 0 Å². The maximum absolute atomic E-state index is 12.7. The molecule has 0 aliphatic carbocycles. The maximum Gasteiger partial charge on any atom is 0.293 e. The molecule has 4 rings (SSSR count). The first-order valence-corrected chi connectivity index (χ1v) is 11.0. The van der Waals surface area contributed by atoms with E-state index in [1.807, 2.05) is 23.2 Å². The molecule has 172 valence electrons. The summed E-state index contributed by atoms with van der Waals surface area (Å²) in [5.41, 5.74) is 5.12. The largest absolute Gasteiger partial charge is 0.366 e. The van der Waals surface area contributed by atoms with Gasteiger partial charge in [-0.2, -0.15) is 0 Å². The highest BCUT2D eigenvalue weighted by atomic mass is 35.5. The number of amides is 1. The number of hydrogen-bond donors (Lipinski definition) is 1. The number of carbonyl (C=O) groups is 1. The van der Waals surface area contributed by atoms with Gasteiger partial charge < -0.3 is 4.90 Å². The number of nitrogens with one attached hydrogen (secondary N) is 1. The van der Waals surface area contributed by atoms with Crippen molar-refractivity contribution in [3.8, 4) is 0 Å². The zero-order valence-corrected chi connectivity index (χ0v) is 18.9. The SMILES string of the molecule is Cl.O=C(NN1CCN(Cc2ccccc2)CC1)c1ccc(N2CCCCC2)c([N+](=O)[O-])c1. The fourth-order valence-corrected chi connectivity index (χ4v) is 4.28. The Balaban J connectivity index is 0.00000289. The lowest BCUT2D eigenvalue weighted by atomic mass is 10.1. The van der Waals surface area contributed by atoms with Crippen LogP contribution in [0.15, 0.2) is 48.5 Å². The number of piperidine rings is 1. The summed E-state index contributed by atoms with van der Waals surface area (Å²) in [6, 6.07) is 15.2. The van der Waals surface area contributed by atoms with Crippen molar-refractivity contribution in [2.24, 2.45) is 0 Å². The Morgan fingerprint density at radius 3 is 2.28 bits per heavy atom. The van der Waals surface area contributed by atoms with Crippen LogP contribution in [0.4, 0.5) is 11.4 Å². The Labute approximate surface area is 194 Å². The second kappa shape index (κ2) is 11.3. The van der Waals surface area contributed by atoms with Crippen LogP contribution in [0.25, 0.3) is 0 Å². The Hall–Kier alpha value is -2.68. The molecule has 0 unspecified atom stereocenters. The van der Waals surface area contributed by atoms with Gasteiger partial charge in [-0.15, -0.1) is 12.4 Å². The molecule has 0 aromatic heterocycles. The van der Waals surface area contributed by atoms with E-state index in [1.54, 1.807) is 12.1 Å². The number of nitrogens with zero attached hydrogens (tertiary/aromatic N) is 4. The number of carbonyl (C=O) groups excluding carboxylic acids is 1. The molecule has 2 aliphatic heterocycles. The zero-order chi connectivity index (χ0) is 21.6. The van der Waals surface area contributed by atoms with Crippen LogP contribution in [0.1, 0.15) is 35.2 Å². The molecule has 2 aliphatic rings. The van der Waals surface area contributed by atoms with Crippen LogP contribution in [0.3, 0.4) is 0 Å². The maximum atomic E-state index is 12.7. The minimum atomic E-state index is -0.386. The van der Waals surface area contributed by atoms with Crippen molar-refractivity contribution in [1.29, 1.82) is 0 Å². The van der Waals surface area contributed by atoms with Crippen LogP contribution < -0.4 is 10.3 Å². The highest BCUT2D eigenvalue weighted by molar-refractivity contribution is 5.95. The number of anilines is 1. The van der Waals surface area contributed by atoms with Gasteiger partial charge in [0.2, 0.25) is 0 Å². The zero-order valence-electron chi connectivity index (χ0n) is 18.1. The van der Waals surface area contributed by atoms with E-state index in [4.69, 9.17) is 0 Å². The normalized spacial score (nSPS) is 17.4. The molecule has 0 atom stereocenters. The van der Waals surface area contributed by atoms with Crippen molar-refractivity contribution in [3.63, 3.8) is 0 Å². The molecule has 9 heteroatoms. The first-order valence-electron chi connectivity index (χ1n) is 11.0. The third-order valence-electron chi connectivity index (χ3n) is 6.01. The average molecular weight is 460 g/mol. The fraction of sp³-hybridized carbons (Fsp3) is 0.435. The minimum absolute atomic E-state index is 0. The van der Waals surface area contributed by atoms with E-state index in [0.717, 1.165) is 52.0 Å². The van der Waals surface area contributed by atoms with E-state index in [1.165, 1.54) is 11.6 Å². The Bertz CT molecular complexity index is 913. The molecule has 0 bridgehead atoms. The quantitative estimate of drug-likeness (QED) is 0.526. The van der Waals surface area contributed by atoms with Crippen molar-refractivity contribution in [2.45, 2.75) is 25.8 Å². The predicted octanol–water partition coefficient (Wildman–Crippen LogP) is 3.47. The van der Waals surface area contributed by atoms with E-state index >= 15 is 0 Å². The summed E-state index contributed by atoms with van der Waals surface area (Å²) in [7, 11) is 0. The molecule has 2 heterocycles. The van der Waals surface area contributed by atoms with Crippen LogP contribution >= 0.6 is 12.4 Å². The first kappa shape index (κ1) is 24.0. The Kier molecular flexibility index (Phi) is 8.44. The number of piperazine rings is 1. The second-order valence-electron chi connectivity index (χ2n) is 8.20. The third kappa shape index (κ3) is 5.97. The number of hydrazine groups is 1. The van der Waals surface area contributed by atoms with Crippen LogP contribution in [-0.2, 0) is 6.54 Å². The molecule has 1 amide bonds. The van der Waals surface area contributed by atoms with Gasteiger partial charge in [0, 0.05) is 57.4 Å². The van der Waals surface area contributed by atoms with Crippen molar-refractivity contribution >= 4 is 29.7 Å². The summed E-state index contributed by atoms with van der Waals surface area (Å²) in [6.07, 6.45) is 3.23. The van der Waals surface area contributed by atoms with Gasteiger partial charge in [0.25, 0.3) is 11.6 Å². The molecule has 0 spiro atoms. The van der Waals surface area contributed by atoms with Crippen molar-refractivity contribution in [2.75, 3.05) is 44.2 Å². The summed E-state index contributed by atoms with van der Waals surface area (Å²) in [5.74, 6) is -0.301. The number of nitro benzene ring substituents is 1. The number of halogens is 1. The van der Waals surface area contributed by atoms with Gasteiger partial charge in [-0.05, 0) is 37.0 Å². The molecule has 2 aromatic rings. The molecular weight excluding hydrogens is 430 g/mol. The van der Waals surface area contributed by atoms with E-state index < -0.39 is 0 Å². The molecule has 8 nitrogen and oxygen atoms in total. The highest BCUT2D eigenvalue weighted by Crippen LogP contribution is 2.31. The number of rotatable bonds is 6. The highest BCUT2D eigenvalue weighted by Gasteiger charge is 2.24. The number of nitro groups is 1. The molecule has 0 saturated carbocycles. The average Bonchev–Trinajstić information content (AvgIpc) is 2.81. The summed E-state index contributed by atoms with van der Waals surface area (Å²) in [6.45, 7) is 5.66. The summed E-state index contributed by atoms with van der Waals surface area (Å²) < 4.78 is 0. The van der Waals surface area contributed by atoms with Gasteiger partial charge in [0.15, 0.2) is 0 Å². The van der Waals surface area contributed by atoms with Crippen molar-refractivity contribution in [3.05, 3.63) is 69.8 Å². The number of hydrogen-bond acceptors (Lipinski definition) is 6. The van der Waals surface area contributed by atoms with Gasteiger partial charge in [0.1, 0.15) is 5.69 Å². The van der Waals surface area contributed by atoms with Crippen LogP contribution in [0, 0.1) is 10.1 Å². The molecule has 32 heavy (non-hydrogen) atoms. The Morgan fingerprint density at radius 2 is 1.62 bits per heavy atom. The molecule has 0 radical (unpaired) electrons. The van der Waals surface area contributed by atoms with E-state index in [2.05, 4.69) is 27.4 Å². The van der Waals surface area contributed by atoms with Gasteiger partial charge in [-0.25, -0.2) is 5.01 Å². The summed E-state index contributed by atoms with van der Waals surface area (Å²) in [5, 5.41) is 13.5. The van der Waals surface area contributed by atoms with E-state index in [-0.39, 0.29) is 28.9 Å². The lowest BCUT2D eigenvalue weighted by Gasteiger charge is -2.34. The number of benzene rings is 2. The molecular formula is C23H30ClN5O3. The molecule has 2 fully saturated rings. The van der Waals surface area contributed by atoms with Gasteiger partial charge in [-0.1, -0.05) is 30.3 Å². The molecule has 1 N–H and O–H groups in total. The van der Waals surface area contributed by atoms with Gasteiger partial charge in [-0.3, -0.25) is 25.2 Å². The summed E-state index contributed by atoms with van der Waals surface area (Å²) in [4.78, 5) is 28.4. The van der Waals surface area contributed by atoms with E-state index in [0.29, 0.717) is 24.3 Å².